The molecule has 0 spiro atoms. The lowest BCUT2D eigenvalue weighted by atomic mass is 10.1. The van der Waals surface area contributed by atoms with Gasteiger partial charge < -0.3 is 8.85 Å². The number of unbranched alkanes of at least 4 members (excludes halogenated alkanes) is 2. The average molecular weight is 295 g/mol. The summed E-state index contributed by atoms with van der Waals surface area (Å²) in [5, 5.41) is 0. The summed E-state index contributed by atoms with van der Waals surface area (Å²) in [6, 6.07) is 11.8. The van der Waals surface area contributed by atoms with Gasteiger partial charge in [0.25, 0.3) is 0 Å². The fourth-order valence-corrected chi connectivity index (χ4v) is 3.88. The molecule has 0 saturated carbocycles. The molecule has 20 heavy (non-hydrogen) atoms. The zero-order valence-electron chi connectivity index (χ0n) is 13.1. The van der Waals surface area contributed by atoms with Crippen LogP contribution in [0.4, 0.5) is 0 Å². The van der Waals surface area contributed by atoms with E-state index in [0.717, 1.165) is 38.5 Å². The van der Waals surface area contributed by atoms with Crippen molar-refractivity contribution >= 4 is 9.28 Å². The Balaban J connectivity index is 2.23. The second-order valence-electron chi connectivity index (χ2n) is 5.26. The van der Waals surface area contributed by atoms with Crippen LogP contribution in [0.25, 0.3) is 0 Å². The van der Waals surface area contributed by atoms with Crippen LogP contribution in [-0.4, -0.2) is 22.5 Å². The lowest BCUT2D eigenvalue weighted by molar-refractivity contribution is 0.191. The largest absolute Gasteiger partial charge is 0.397 e. The van der Waals surface area contributed by atoms with Gasteiger partial charge in [-0.15, -0.1) is 0 Å². The zero-order chi connectivity index (χ0) is 14.5. The van der Waals surface area contributed by atoms with Gasteiger partial charge in [-0.25, -0.2) is 0 Å². The topological polar surface area (TPSA) is 18.5 Å². The molecule has 1 aromatic carbocycles. The second-order valence-corrected chi connectivity index (χ2v) is 7.36. The predicted octanol–water partition coefficient (Wildman–Crippen LogP) is 4.47. The van der Waals surface area contributed by atoms with Gasteiger partial charge in [0, 0.05) is 13.2 Å². The molecule has 0 aliphatic carbocycles. The molecular formula is C17H30O2Si. The van der Waals surface area contributed by atoms with Crippen molar-refractivity contribution in [1.29, 1.82) is 0 Å². The van der Waals surface area contributed by atoms with Gasteiger partial charge in [0.15, 0.2) is 0 Å². The first-order valence-corrected chi connectivity index (χ1v) is 9.89. The Kier molecular flexibility index (Phi) is 10.6. The summed E-state index contributed by atoms with van der Waals surface area (Å²) in [4.78, 5) is 0. The molecule has 0 heterocycles. The fourth-order valence-electron chi connectivity index (χ4n) is 2.05. The Hall–Kier alpha value is -0.643. The van der Waals surface area contributed by atoms with Crippen molar-refractivity contribution in [3.05, 3.63) is 35.9 Å². The Morgan fingerprint density at radius 3 is 2.00 bits per heavy atom. The van der Waals surface area contributed by atoms with Gasteiger partial charge in [-0.3, -0.25) is 0 Å². The van der Waals surface area contributed by atoms with E-state index in [1.54, 1.807) is 0 Å². The third-order valence-electron chi connectivity index (χ3n) is 3.35. The number of aryl methyl sites for hydroxylation is 1. The van der Waals surface area contributed by atoms with Crippen molar-refractivity contribution in [1.82, 2.24) is 0 Å². The highest BCUT2D eigenvalue weighted by Crippen LogP contribution is 2.09. The molecule has 0 aliphatic rings. The van der Waals surface area contributed by atoms with Crippen molar-refractivity contribution in [3.63, 3.8) is 0 Å². The number of benzene rings is 1. The highest BCUT2D eigenvalue weighted by atomic mass is 28.3. The minimum atomic E-state index is -1.44. The third-order valence-corrected chi connectivity index (χ3v) is 5.45. The minimum Gasteiger partial charge on any atom is -0.397 e. The molecule has 0 saturated heterocycles. The molecule has 0 bridgehead atoms. The Morgan fingerprint density at radius 1 is 0.850 bits per heavy atom. The first-order chi connectivity index (χ1) is 9.86. The van der Waals surface area contributed by atoms with Crippen molar-refractivity contribution in [2.45, 2.75) is 58.4 Å². The highest BCUT2D eigenvalue weighted by Gasteiger charge is 2.12. The van der Waals surface area contributed by atoms with E-state index in [4.69, 9.17) is 8.85 Å². The van der Waals surface area contributed by atoms with Crippen LogP contribution in [0.2, 0.25) is 6.04 Å². The molecule has 0 N–H and O–H groups in total. The number of rotatable bonds is 12. The molecule has 0 unspecified atom stereocenters. The van der Waals surface area contributed by atoms with Crippen LogP contribution >= 0.6 is 0 Å². The van der Waals surface area contributed by atoms with Gasteiger partial charge in [-0.2, -0.15) is 0 Å². The molecule has 0 amide bonds. The highest BCUT2D eigenvalue weighted by molar-refractivity contribution is 6.44. The van der Waals surface area contributed by atoms with E-state index in [0.29, 0.717) is 0 Å². The lowest BCUT2D eigenvalue weighted by Gasteiger charge is -2.16. The van der Waals surface area contributed by atoms with Crippen LogP contribution in [0.3, 0.4) is 0 Å². The zero-order valence-corrected chi connectivity index (χ0v) is 14.3. The van der Waals surface area contributed by atoms with Crippen LogP contribution in [0.15, 0.2) is 30.3 Å². The Morgan fingerprint density at radius 2 is 1.45 bits per heavy atom. The van der Waals surface area contributed by atoms with Crippen LogP contribution in [0, 0.1) is 0 Å². The summed E-state index contributed by atoms with van der Waals surface area (Å²) in [5.74, 6) is 0. The Bertz CT molecular complexity index is 306. The molecular weight excluding hydrogens is 264 g/mol. The van der Waals surface area contributed by atoms with Gasteiger partial charge >= 0.3 is 9.28 Å². The predicted molar refractivity (Wildman–Crippen MR) is 88.4 cm³/mol. The molecule has 114 valence electrons. The van der Waals surface area contributed by atoms with Crippen molar-refractivity contribution in [2.75, 3.05) is 13.2 Å². The quantitative estimate of drug-likeness (QED) is 0.418. The van der Waals surface area contributed by atoms with E-state index in [1.807, 2.05) is 0 Å². The molecule has 0 atom stereocenters. The van der Waals surface area contributed by atoms with E-state index >= 15 is 0 Å². The third kappa shape index (κ3) is 8.51. The molecule has 0 radical (unpaired) electrons. The maximum atomic E-state index is 5.98. The maximum Gasteiger partial charge on any atom is 0.321 e. The standard InChI is InChI=1S/C17H30O2Si/c1-3-5-14-18-20(19-15-6-4-2)16-10-13-17-11-8-7-9-12-17/h7-9,11-12,20H,3-6,10,13-16H2,1-2H3. The molecule has 3 heteroatoms. The normalized spacial score (nSPS) is 11.2. The van der Waals surface area contributed by atoms with Gasteiger partial charge in [-0.1, -0.05) is 57.0 Å². The summed E-state index contributed by atoms with van der Waals surface area (Å²) in [7, 11) is -1.44. The van der Waals surface area contributed by atoms with E-state index in [9.17, 15) is 0 Å². The summed E-state index contributed by atoms with van der Waals surface area (Å²) in [6.45, 7) is 6.16. The summed E-state index contributed by atoms with van der Waals surface area (Å²) in [5.41, 5.74) is 1.42. The average Bonchev–Trinajstić information content (AvgIpc) is 2.48. The van der Waals surface area contributed by atoms with Crippen LogP contribution < -0.4 is 0 Å². The SMILES string of the molecule is CCCCO[SiH](CCCc1ccccc1)OCCCC. The van der Waals surface area contributed by atoms with Gasteiger partial charge in [0.2, 0.25) is 0 Å². The van der Waals surface area contributed by atoms with Crippen LogP contribution in [-0.2, 0) is 15.3 Å². The number of hydrogen-bond acceptors (Lipinski definition) is 2. The van der Waals surface area contributed by atoms with E-state index < -0.39 is 9.28 Å². The van der Waals surface area contributed by atoms with Gasteiger partial charge in [-0.05, 0) is 37.3 Å². The number of hydrogen-bond donors (Lipinski definition) is 0. The summed E-state index contributed by atoms with van der Waals surface area (Å²) in [6.07, 6.45) is 7.01. The van der Waals surface area contributed by atoms with Crippen LogP contribution in [0.1, 0.15) is 51.5 Å². The second kappa shape index (κ2) is 12.1. The smallest absolute Gasteiger partial charge is 0.321 e. The van der Waals surface area contributed by atoms with Crippen LogP contribution in [0.5, 0.6) is 0 Å². The van der Waals surface area contributed by atoms with Crippen molar-refractivity contribution < 1.29 is 8.85 Å². The first kappa shape index (κ1) is 17.4. The summed E-state index contributed by atoms with van der Waals surface area (Å²) < 4.78 is 12.0. The Labute approximate surface area is 126 Å². The lowest BCUT2D eigenvalue weighted by Crippen LogP contribution is -2.24. The van der Waals surface area contributed by atoms with Crippen molar-refractivity contribution in [2.24, 2.45) is 0 Å². The fraction of sp³-hybridized carbons (Fsp3) is 0.647. The molecule has 0 aromatic heterocycles. The molecule has 0 aliphatic heterocycles. The summed E-state index contributed by atoms with van der Waals surface area (Å²) >= 11 is 0. The first-order valence-electron chi connectivity index (χ1n) is 8.14. The maximum absolute atomic E-state index is 5.98. The van der Waals surface area contributed by atoms with Gasteiger partial charge in [0.05, 0.1) is 0 Å². The molecule has 0 fully saturated rings. The molecule has 1 rings (SSSR count). The van der Waals surface area contributed by atoms with E-state index in [1.165, 1.54) is 24.8 Å². The van der Waals surface area contributed by atoms with Crippen molar-refractivity contribution in [3.8, 4) is 0 Å². The van der Waals surface area contributed by atoms with Gasteiger partial charge in [0.1, 0.15) is 0 Å². The van der Waals surface area contributed by atoms with E-state index in [2.05, 4.69) is 44.2 Å². The van der Waals surface area contributed by atoms with E-state index in [-0.39, 0.29) is 0 Å². The molecule has 1 aromatic rings. The molecule has 2 nitrogen and oxygen atoms in total. The minimum absolute atomic E-state index is 0.880. The monoisotopic (exact) mass is 294 g/mol.